The molecule has 0 saturated heterocycles. The summed E-state index contributed by atoms with van der Waals surface area (Å²) < 4.78 is 0. The zero-order chi connectivity index (χ0) is 14.0. The lowest BCUT2D eigenvalue weighted by molar-refractivity contribution is 0.592. The Kier molecular flexibility index (Phi) is 3.97. The molecule has 0 unspecified atom stereocenters. The number of rotatable bonds is 2. The van der Waals surface area contributed by atoms with Crippen LogP contribution in [-0.2, 0) is 5.41 Å². The summed E-state index contributed by atoms with van der Waals surface area (Å²) in [6.07, 6.45) is 0. The van der Waals surface area contributed by atoms with Crippen LogP contribution in [0.3, 0.4) is 0 Å². The van der Waals surface area contributed by atoms with Gasteiger partial charge < -0.3 is 5.32 Å². The maximum atomic E-state index is 6.02. The van der Waals surface area contributed by atoms with E-state index in [1.165, 1.54) is 5.56 Å². The lowest BCUT2D eigenvalue weighted by Crippen LogP contribution is -2.13. The molecule has 1 aromatic carbocycles. The molecule has 1 heterocycles. The van der Waals surface area contributed by atoms with Crippen LogP contribution in [0.4, 0.5) is 11.4 Å². The van der Waals surface area contributed by atoms with Crippen molar-refractivity contribution < 1.29 is 0 Å². The van der Waals surface area contributed by atoms with E-state index < -0.39 is 0 Å². The normalized spacial score (nSPS) is 11.4. The molecule has 2 rings (SSSR count). The molecule has 0 aliphatic heterocycles. The summed E-state index contributed by atoms with van der Waals surface area (Å²) in [6.45, 7) is 6.48. The van der Waals surface area contributed by atoms with Crippen molar-refractivity contribution >= 4 is 34.6 Å². The van der Waals surface area contributed by atoms with Gasteiger partial charge in [-0.05, 0) is 17.0 Å². The summed E-state index contributed by atoms with van der Waals surface area (Å²) in [5.41, 5.74) is 2.86. The largest absolute Gasteiger partial charge is 0.353 e. The second kappa shape index (κ2) is 5.35. The molecule has 0 amide bonds. The Labute approximate surface area is 123 Å². The fourth-order valence-corrected chi connectivity index (χ4v) is 2.12. The van der Waals surface area contributed by atoms with E-state index >= 15 is 0 Å². The molecule has 5 heteroatoms. The van der Waals surface area contributed by atoms with Gasteiger partial charge in [-0.15, -0.1) is 10.2 Å². The molecule has 0 spiro atoms. The molecule has 0 aliphatic rings. The van der Waals surface area contributed by atoms with Gasteiger partial charge in [0, 0.05) is 11.8 Å². The van der Waals surface area contributed by atoms with Crippen LogP contribution in [-0.4, -0.2) is 10.2 Å². The van der Waals surface area contributed by atoms with Crippen LogP contribution in [0.25, 0.3) is 0 Å². The van der Waals surface area contributed by atoms with E-state index in [1.807, 2.05) is 18.2 Å². The second-order valence-electron chi connectivity index (χ2n) is 5.29. The van der Waals surface area contributed by atoms with E-state index in [1.54, 1.807) is 6.07 Å². The molecule has 0 radical (unpaired) electrons. The van der Waals surface area contributed by atoms with Crippen molar-refractivity contribution in [2.75, 3.05) is 5.32 Å². The summed E-state index contributed by atoms with van der Waals surface area (Å²) in [6, 6.07) is 9.75. The smallest absolute Gasteiger partial charge is 0.175 e. The van der Waals surface area contributed by atoms with E-state index in [2.05, 4.69) is 42.4 Å². The van der Waals surface area contributed by atoms with Gasteiger partial charge in [0.15, 0.2) is 10.3 Å². The molecule has 0 saturated carbocycles. The van der Waals surface area contributed by atoms with Crippen molar-refractivity contribution in [1.82, 2.24) is 10.2 Å². The Bertz CT molecular complexity index is 591. The third kappa shape index (κ3) is 3.37. The molecule has 1 aromatic heterocycles. The molecule has 0 aliphatic carbocycles. The van der Waals surface area contributed by atoms with Gasteiger partial charge in [-0.25, -0.2) is 0 Å². The van der Waals surface area contributed by atoms with Crippen LogP contribution in [0.15, 0.2) is 30.3 Å². The van der Waals surface area contributed by atoms with Crippen LogP contribution >= 0.6 is 23.2 Å². The number of anilines is 2. The van der Waals surface area contributed by atoms with Crippen LogP contribution in [0.1, 0.15) is 26.3 Å². The maximum Gasteiger partial charge on any atom is 0.175 e. The second-order valence-corrected chi connectivity index (χ2v) is 6.04. The van der Waals surface area contributed by atoms with Crippen LogP contribution in [0.2, 0.25) is 10.3 Å². The number of benzene rings is 1. The number of nitrogens with zero attached hydrogens (tertiary/aromatic N) is 2. The average Bonchev–Trinajstić information content (AvgIpc) is 2.33. The van der Waals surface area contributed by atoms with Crippen molar-refractivity contribution in [3.05, 3.63) is 46.2 Å². The van der Waals surface area contributed by atoms with Gasteiger partial charge in [0.1, 0.15) is 0 Å². The molecular formula is C14H15Cl2N3. The van der Waals surface area contributed by atoms with Gasteiger partial charge >= 0.3 is 0 Å². The topological polar surface area (TPSA) is 37.8 Å². The molecule has 100 valence electrons. The molecule has 0 fully saturated rings. The zero-order valence-corrected chi connectivity index (χ0v) is 12.5. The van der Waals surface area contributed by atoms with Crippen molar-refractivity contribution in [2.24, 2.45) is 0 Å². The molecular weight excluding hydrogens is 281 g/mol. The number of aromatic nitrogens is 2. The first kappa shape index (κ1) is 14.1. The van der Waals surface area contributed by atoms with Gasteiger partial charge in [0.25, 0.3) is 0 Å². The van der Waals surface area contributed by atoms with E-state index in [4.69, 9.17) is 23.2 Å². The van der Waals surface area contributed by atoms with E-state index in [9.17, 15) is 0 Å². The molecule has 2 aromatic rings. The highest BCUT2D eigenvalue weighted by Crippen LogP contribution is 2.33. The molecule has 0 atom stereocenters. The van der Waals surface area contributed by atoms with E-state index in [-0.39, 0.29) is 5.41 Å². The summed E-state index contributed by atoms with van der Waals surface area (Å²) >= 11 is 11.9. The number of halogens is 2. The fraction of sp³-hybridized carbons (Fsp3) is 0.286. The van der Waals surface area contributed by atoms with Crippen molar-refractivity contribution in [2.45, 2.75) is 26.2 Å². The Balaban J connectivity index is 2.41. The number of para-hydroxylation sites is 1. The summed E-state index contributed by atoms with van der Waals surface area (Å²) in [4.78, 5) is 0. The third-order valence-electron chi connectivity index (χ3n) is 2.72. The van der Waals surface area contributed by atoms with Crippen LogP contribution < -0.4 is 5.32 Å². The van der Waals surface area contributed by atoms with Crippen LogP contribution in [0, 0.1) is 0 Å². The standard InChI is InChI=1S/C14H15Cl2N3/c1-14(2,3)9-6-4-5-7-10(9)17-11-8-12(15)18-19-13(11)16/h4-8H,1-3H3,(H,17,18). The number of hydrogen-bond donors (Lipinski definition) is 1. The van der Waals surface area contributed by atoms with Gasteiger partial charge in [0.05, 0.1) is 5.69 Å². The van der Waals surface area contributed by atoms with Crippen molar-refractivity contribution in [3.8, 4) is 0 Å². The SMILES string of the molecule is CC(C)(C)c1ccccc1Nc1cc(Cl)nnc1Cl. The molecule has 19 heavy (non-hydrogen) atoms. The first-order valence-electron chi connectivity index (χ1n) is 5.93. The summed E-state index contributed by atoms with van der Waals surface area (Å²) in [5.74, 6) is 0. The van der Waals surface area contributed by atoms with Gasteiger partial charge in [-0.3, -0.25) is 0 Å². The fourth-order valence-electron chi connectivity index (χ4n) is 1.83. The number of hydrogen-bond acceptors (Lipinski definition) is 3. The minimum atomic E-state index is 0.0281. The highest BCUT2D eigenvalue weighted by Gasteiger charge is 2.18. The molecule has 3 nitrogen and oxygen atoms in total. The minimum absolute atomic E-state index is 0.0281. The highest BCUT2D eigenvalue weighted by molar-refractivity contribution is 6.33. The first-order valence-corrected chi connectivity index (χ1v) is 6.69. The Morgan fingerprint density at radius 3 is 2.37 bits per heavy atom. The maximum absolute atomic E-state index is 6.02. The van der Waals surface area contributed by atoms with E-state index in [0.29, 0.717) is 16.0 Å². The predicted octanol–water partition coefficient (Wildman–Crippen LogP) is 4.82. The average molecular weight is 296 g/mol. The lowest BCUT2D eigenvalue weighted by atomic mass is 9.86. The predicted molar refractivity (Wildman–Crippen MR) is 80.5 cm³/mol. The lowest BCUT2D eigenvalue weighted by Gasteiger charge is -2.23. The van der Waals surface area contributed by atoms with Gasteiger partial charge in [0.2, 0.25) is 0 Å². The Hall–Kier alpha value is -1.32. The monoisotopic (exact) mass is 295 g/mol. The minimum Gasteiger partial charge on any atom is -0.353 e. The zero-order valence-electron chi connectivity index (χ0n) is 11.0. The highest BCUT2D eigenvalue weighted by atomic mass is 35.5. The Morgan fingerprint density at radius 1 is 1.00 bits per heavy atom. The van der Waals surface area contributed by atoms with Gasteiger partial charge in [-0.2, -0.15) is 0 Å². The number of nitrogens with one attached hydrogen (secondary N) is 1. The molecule has 1 N–H and O–H groups in total. The van der Waals surface area contributed by atoms with Crippen LogP contribution in [0.5, 0.6) is 0 Å². The Morgan fingerprint density at radius 2 is 1.68 bits per heavy atom. The first-order chi connectivity index (χ1) is 8.88. The van der Waals surface area contributed by atoms with Crippen molar-refractivity contribution in [1.29, 1.82) is 0 Å². The summed E-state index contributed by atoms with van der Waals surface area (Å²) in [5, 5.41) is 11.4. The van der Waals surface area contributed by atoms with Gasteiger partial charge in [-0.1, -0.05) is 62.2 Å². The summed E-state index contributed by atoms with van der Waals surface area (Å²) in [7, 11) is 0. The third-order valence-corrected chi connectivity index (χ3v) is 3.19. The van der Waals surface area contributed by atoms with E-state index in [0.717, 1.165) is 5.69 Å². The quantitative estimate of drug-likeness (QED) is 0.863. The van der Waals surface area contributed by atoms with Crippen molar-refractivity contribution in [3.63, 3.8) is 0 Å². The molecule has 0 bridgehead atoms.